The van der Waals surface area contributed by atoms with Crippen molar-refractivity contribution in [3.63, 3.8) is 0 Å². The largest absolute Gasteiger partial charge is 0.480 e. The lowest BCUT2D eigenvalue weighted by Gasteiger charge is -2.49. The third-order valence-corrected chi connectivity index (χ3v) is 7.43. The van der Waals surface area contributed by atoms with Crippen molar-refractivity contribution in [1.29, 1.82) is 0 Å². The minimum Gasteiger partial charge on any atom is -0.480 e. The highest BCUT2D eigenvalue weighted by Crippen LogP contribution is 2.48. The number of carbonyl (C=O) groups is 1. The van der Waals surface area contributed by atoms with Crippen LogP contribution in [0.2, 0.25) is 0 Å². The minimum absolute atomic E-state index is 0.0775. The van der Waals surface area contributed by atoms with Crippen LogP contribution < -0.4 is 9.42 Å². The Labute approximate surface area is 213 Å². The fraction of sp³-hybridized carbons (Fsp3) is 0.345. The van der Waals surface area contributed by atoms with Gasteiger partial charge in [0, 0.05) is 23.6 Å². The quantitative estimate of drug-likeness (QED) is 0.277. The number of aryl methyl sites for hydroxylation is 1. The number of carbonyl (C=O) groups excluding carboxylic acids is 1. The van der Waals surface area contributed by atoms with Gasteiger partial charge < -0.3 is 18.9 Å². The highest BCUT2D eigenvalue weighted by Gasteiger charge is 2.50. The predicted octanol–water partition coefficient (Wildman–Crippen LogP) is 6.32. The molecule has 5 nitrogen and oxygen atoms in total. The molecule has 0 N–H and O–H groups in total. The van der Waals surface area contributed by atoms with Crippen LogP contribution in [0.3, 0.4) is 0 Å². The Bertz CT molecular complexity index is 1190. The smallest absolute Gasteiger partial charge is 0.233 e. The highest BCUT2D eigenvalue weighted by molar-refractivity contribution is 7.10. The molecule has 3 aromatic rings. The van der Waals surface area contributed by atoms with Crippen LogP contribution in [0.15, 0.2) is 72.8 Å². The molecule has 5 rings (SSSR count). The number of nitrogens with zero attached hydrogens (tertiary/aromatic N) is 1. The first kappa shape index (κ1) is 24.9. The molecule has 2 heterocycles. The normalized spacial score (nSPS) is 25.9. The van der Waals surface area contributed by atoms with Gasteiger partial charge in [0.1, 0.15) is 11.6 Å². The Morgan fingerprint density at radius 3 is 2.25 bits per heavy atom. The Morgan fingerprint density at radius 1 is 1.00 bits per heavy atom. The topological polar surface area (TPSA) is 48.0 Å². The van der Waals surface area contributed by atoms with Gasteiger partial charge in [0.05, 0.1) is 34.6 Å². The number of β-lactam (4-membered cyclic amide) rings is 1. The van der Waals surface area contributed by atoms with E-state index < -0.39 is 5.79 Å². The number of rotatable bonds is 7. The SMILES string of the molecule is Cc1ccc(N2C(=O)[C@H](CCC3(c4ccc(F)cc4)OCC(C)CO3)[C@H]2c2ccc(OP)cc2)cc1. The van der Waals surface area contributed by atoms with E-state index >= 15 is 0 Å². The average Bonchev–Trinajstić information content (AvgIpc) is 2.90. The van der Waals surface area contributed by atoms with Gasteiger partial charge in [0.15, 0.2) is 5.79 Å². The van der Waals surface area contributed by atoms with Crippen molar-refractivity contribution in [3.05, 3.63) is 95.3 Å². The van der Waals surface area contributed by atoms with Crippen molar-refractivity contribution < 1.29 is 23.2 Å². The molecule has 0 aliphatic carbocycles. The first-order valence-corrected chi connectivity index (χ1v) is 12.8. The molecule has 0 bridgehead atoms. The van der Waals surface area contributed by atoms with Gasteiger partial charge in [-0.2, -0.15) is 0 Å². The minimum atomic E-state index is -0.994. The summed E-state index contributed by atoms with van der Waals surface area (Å²) >= 11 is 0. The van der Waals surface area contributed by atoms with Crippen LogP contribution in [0, 0.1) is 24.6 Å². The van der Waals surface area contributed by atoms with Gasteiger partial charge in [-0.25, -0.2) is 4.39 Å². The molecule has 36 heavy (non-hydrogen) atoms. The van der Waals surface area contributed by atoms with Crippen LogP contribution in [-0.4, -0.2) is 19.1 Å². The fourth-order valence-corrected chi connectivity index (χ4v) is 5.25. The summed E-state index contributed by atoms with van der Waals surface area (Å²) < 4.78 is 31.4. The molecule has 2 saturated heterocycles. The molecule has 7 heteroatoms. The van der Waals surface area contributed by atoms with Gasteiger partial charge >= 0.3 is 0 Å². The monoisotopic (exact) mass is 507 g/mol. The zero-order chi connectivity index (χ0) is 25.3. The summed E-state index contributed by atoms with van der Waals surface area (Å²) in [5.74, 6) is -0.454. The standard InChI is InChI=1S/C29H31FNO4P/c1-19-3-11-24(12-4-19)31-27(21-5-13-25(35-36)14-6-21)26(28(31)32)15-16-29(33-17-20(2)18-34-29)22-7-9-23(30)10-8-22/h3-14,20,26-27H,15-18,36H2,1-2H3/t20?,26-,27-,29?/m1/s1. The molecule has 1 unspecified atom stereocenters. The number of ether oxygens (including phenoxy) is 2. The van der Waals surface area contributed by atoms with Gasteiger partial charge in [-0.15, -0.1) is 0 Å². The Hall–Kier alpha value is -2.79. The van der Waals surface area contributed by atoms with Gasteiger partial charge in [0.2, 0.25) is 5.91 Å². The molecule has 3 aromatic carbocycles. The molecule has 0 radical (unpaired) electrons. The number of hydrogen-bond acceptors (Lipinski definition) is 4. The number of anilines is 1. The molecule has 0 spiro atoms. The third kappa shape index (κ3) is 4.78. The van der Waals surface area contributed by atoms with Gasteiger partial charge in [0.25, 0.3) is 0 Å². The van der Waals surface area contributed by atoms with E-state index in [1.165, 1.54) is 12.1 Å². The predicted molar refractivity (Wildman–Crippen MR) is 140 cm³/mol. The van der Waals surface area contributed by atoms with Crippen LogP contribution in [0.5, 0.6) is 5.75 Å². The lowest BCUT2D eigenvalue weighted by atomic mass is 9.77. The molecule has 2 aliphatic rings. The summed E-state index contributed by atoms with van der Waals surface area (Å²) in [7, 11) is 2.25. The van der Waals surface area contributed by atoms with Gasteiger partial charge in [-0.3, -0.25) is 4.79 Å². The number of hydrogen-bond donors (Lipinski definition) is 0. The number of benzene rings is 3. The molecule has 0 aromatic heterocycles. The van der Waals surface area contributed by atoms with Crippen LogP contribution >= 0.6 is 9.47 Å². The van der Waals surface area contributed by atoms with E-state index in [-0.39, 0.29) is 29.6 Å². The van der Waals surface area contributed by atoms with E-state index in [0.29, 0.717) is 26.1 Å². The summed E-state index contributed by atoms with van der Waals surface area (Å²) in [5, 5.41) is 0. The number of halogens is 1. The van der Waals surface area contributed by atoms with E-state index in [9.17, 15) is 9.18 Å². The van der Waals surface area contributed by atoms with E-state index in [1.807, 2.05) is 60.4 Å². The molecular formula is C29H31FNO4P. The summed E-state index contributed by atoms with van der Waals surface area (Å²) in [6.07, 6.45) is 1.06. The van der Waals surface area contributed by atoms with Crippen LogP contribution in [-0.2, 0) is 20.1 Å². The Morgan fingerprint density at radius 2 is 1.64 bits per heavy atom. The summed E-state index contributed by atoms with van der Waals surface area (Å²) in [5.41, 5.74) is 3.84. The molecule has 2 fully saturated rings. The molecule has 3 atom stereocenters. The maximum atomic E-state index is 13.6. The van der Waals surface area contributed by atoms with Crippen molar-refractivity contribution in [2.45, 2.75) is 38.5 Å². The average molecular weight is 508 g/mol. The molecular weight excluding hydrogens is 476 g/mol. The molecule has 2 aliphatic heterocycles. The van der Waals surface area contributed by atoms with Crippen molar-refractivity contribution in [2.75, 3.05) is 18.1 Å². The molecule has 1 amide bonds. The zero-order valence-electron chi connectivity index (χ0n) is 20.5. The fourth-order valence-electron chi connectivity index (χ4n) is 5.10. The van der Waals surface area contributed by atoms with Crippen molar-refractivity contribution >= 4 is 21.1 Å². The summed E-state index contributed by atoms with van der Waals surface area (Å²) in [6.45, 7) is 5.20. The second-order valence-electron chi connectivity index (χ2n) is 9.81. The lowest BCUT2D eigenvalue weighted by Crippen LogP contribution is -2.56. The second-order valence-corrected chi connectivity index (χ2v) is 10.0. The second kappa shape index (κ2) is 10.3. The number of amides is 1. The van der Waals surface area contributed by atoms with Crippen molar-refractivity contribution in [1.82, 2.24) is 0 Å². The first-order valence-electron chi connectivity index (χ1n) is 12.3. The van der Waals surface area contributed by atoms with Crippen LogP contribution in [0.4, 0.5) is 10.1 Å². The molecule has 188 valence electrons. The maximum absolute atomic E-state index is 13.6. The van der Waals surface area contributed by atoms with E-state index in [1.54, 1.807) is 12.1 Å². The van der Waals surface area contributed by atoms with Gasteiger partial charge in [-0.1, -0.05) is 48.9 Å². The third-order valence-electron chi connectivity index (χ3n) is 7.15. The van der Waals surface area contributed by atoms with Gasteiger partial charge in [-0.05, 0) is 55.3 Å². The highest BCUT2D eigenvalue weighted by atomic mass is 31.0. The summed E-state index contributed by atoms with van der Waals surface area (Å²) in [6, 6.07) is 22.0. The van der Waals surface area contributed by atoms with E-state index in [0.717, 1.165) is 28.1 Å². The van der Waals surface area contributed by atoms with Crippen LogP contribution in [0.25, 0.3) is 0 Å². The van der Waals surface area contributed by atoms with Crippen molar-refractivity contribution in [2.24, 2.45) is 11.8 Å². The van der Waals surface area contributed by atoms with E-state index in [2.05, 4.69) is 16.4 Å². The zero-order valence-corrected chi connectivity index (χ0v) is 21.7. The van der Waals surface area contributed by atoms with E-state index in [4.69, 9.17) is 14.0 Å². The van der Waals surface area contributed by atoms with Crippen LogP contribution in [0.1, 0.15) is 42.5 Å². The first-order chi connectivity index (χ1) is 17.4. The molecule has 0 saturated carbocycles. The summed E-state index contributed by atoms with van der Waals surface area (Å²) in [4.78, 5) is 15.4. The lowest BCUT2D eigenvalue weighted by molar-refractivity contribution is -0.295. The van der Waals surface area contributed by atoms with Crippen molar-refractivity contribution in [3.8, 4) is 5.75 Å². The Balaban J connectivity index is 1.43. The Kier molecular flexibility index (Phi) is 7.11. The maximum Gasteiger partial charge on any atom is 0.233 e.